The van der Waals surface area contributed by atoms with Gasteiger partial charge in [-0.05, 0) is 53.3 Å². The van der Waals surface area contributed by atoms with Crippen LogP contribution in [0.5, 0.6) is 5.75 Å². The molecule has 0 bridgehead atoms. The molecular formula is C28H28N2O3. The van der Waals surface area contributed by atoms with Crippen molar-refractivity contribution in [1.29, 1.82) is 0 Å². The second kappa shape index (κ2) is 9.74. The van der Waals surface area contributed by atoms with Gasteiger partial charge in [0.05, 0.1) is 12.7 Å². The summed E-state index contributed by atoms with van der Waals surface area (Å²) in [7, 11) is 1.62. The Hall–Kier alpha value is -3.86. The molecule has 5 nitrogen and oxygen atoms in total. The first kappa shape index (κ1) is 22.3. The van der Waals surface area contributed by atoms with Crippen LogP contribution in [0.15, 0.2) is 84.6 Å². The van der Waals surface area contributed by atoms with Crippen LogP contribution in [0.2, 0.25) is 0 Å². The van der Waals surface area contributed by atoms with Gasteiger partial charge in [0.15, 0.2) is 0 Å². The molecule has 33 heavy (non-hydrogen) atoms. The van der Waals surface area contributed by atoms with Crippen LogP contribution in [0.25, 0.3) is 5.57 Å². The van der Waals surface area contributed by atoms with Gasteiger partial charge in [-0.2, -0.15) is 0 Å². The van der Waals surface area contributed by atoms with Crippen LogP contribution in [0.1, 0.15) is 36.5 Å². The van der Waals surface area contributed by atoms with Crippen molar-refractivity contribution in [1.82, 2.24) is 4.90 Å². The zero-order chi connectivity index (χ0) is 23.4. The number of imide groups is 1. The number of ether oxygens (including phenoxy) is 1. The van der Waals surface area contributed by atoms with Gasteiger partial charge in [-0.1, -0.05) is 68.4 Å². The summed E-state index contributed by atoms with van der Waals surface area (Å²) in [6.45, 7) is 4.58. The Morgan fingerprint density at radius 1 is 0.848 bits per heavy atom. The molecule has 0 aliphatic carbocycles. The first-order valence-corrected chi connectivity index (χ1v) is 11.1. The van der Waals surface area contributed by atoms with E-state index in [1.54, 1.807) is 7.11 Å². The highest BCUT2D eigenvalue weighted by molar-refractivity contribution is 6.36. The van der Waals surface area contributed by atoms with Gasteiger partial charge in [-0.15, -0.1) is 0 Å². The van der Waals surface area contributed by atoms with Crippen LogP contribution in [0.4, 0.5) is 5.69 Å². The van der Waals surface area contributed by atoms with Crippen molar-refractivity contribution in [3.8, 4) is 5.75 Å². The molecule has 0 atom stereocenters. The van der Waals surface area contributed by atoms with Gasteiger partial charge in [-0.25, -0.2) is 0 Å². The van der Waals surface area contributed by atoms with E-state index in [1.807, 2.05) is 78.9 Å². The minimum absolute atomic E-state index is 0.277. The normalized spacial score (nSPS) is 13.8. The van der Waals surface area contributed by atoms with Crippen molar-refractivity contribution in [2.75, 3.05) is 19.0 Å². The second-order valence-corrected chi connectivity index (χ2v) is 8.38. The molecule has 0 radical (unpaired) electrons. The first-order chi connectivity index (χ1) is 16.0. The third-order valence-corrected chi connectivity index (χ3v) is 5.86. The van der Waals surface area contributed by atoms with Crippen molar-refractivity contribution in [3.05, 3.63) is 101 Å². The fourth-order valence-electron chi connectivity index (χ4n) is 3.90. The number of nitrogens with zero attached hydrogens (tertiary/aromatic N) is 1. The zero-order valence-electron chi connectivity index (χ0n) is 19.2. The van der Waals surface area contributed by atoms with E-state index in [0.29, 0.717) is 30.2 Å². The molecule has 1 N–H and O–H groups in total. The highest BCUT2D eigenvalue weighted by Crippen LogP contribution is 2.31. The highest BCUT2D eigenvalue weighted by atomic mass is 16.5. The highest BCUT2D eigenvalue weighted by Gasteiger charge is 2.38. The number of nitrogens with one attached hydrogen (secondary N) is 1. The molecule has 168 valence electrons. The minimum Gasteiger partial charge on any atom is -0.497 e. The first-order valence-electron chi connectivity index (χ1n) is 11.1. The molecule has 3 aromatic carbocycles. The second-order valence-electron chi connectivity index (χ2n) is 8.38. The van der Waals surface area contributed by atoms with Gasteiger partial charge in [0, 0.05) is 12.2 Å². The third-order valence-electron chi connectivity index (χ3n) is 5.86. The number of hydrogen-bond acceptors (Lipinski definition) is 4. The van der Waals surface area contributed by atoms with E-state index < -0.39 is 0 Å². The summed E-state index contributed by atoms with van der Waals surface area (Å²) in [6, 6.07) is 25.0. The van der Waals surface area contributed by atoms with E-state index in [4.69, 9.17) is 4.74 Å². The number of anilines is 1. The largest absolute Gasteiger partial charge is 0.497 e. The monoisotopic (exact) mass is 440 g/mol. The Bertz CT molecular complexity index is 1160. The average molecular weight is 441 g/mol. The molecule has 0 unspecified atom stereocenters. The number of hydrogen-bond donors (Lipinski definition) is 1. The van der Waals surface area contributed by atoms with Crippen molar-refractivity contribution >= 4 is 23.1 Å². The maximum Gasteiger partial charge on any atom is 0.278 e. The van der Waals surface area contributed by atoms with E-state index in [1.165, 1.54) is 10.5 Å². The molecular weight excluding hydrogens is 412 g/mol. The Labute approximate surface area is 194 Å². The molecule has 0 saturated carbocycles. The van der Waals surface area contributed by atoms with Crippen molar-refractivity contribution in [2.24, 2.45) is 0 Å². The summed E-state index contributed by atoms with van der Waals surface area (Å²) >= 11 is 0. The molecule has 2 amide bonds. The number of benzene rings is 3. The van der Waals surface area contributed by atoms with E-state index in [0.717, 1.165) is 22.6 Å². The lowest BCUT2D eigenvalue weighted by atomic mass is 10.0. The predicted octanol–water partition coefficient (Wildman–Crippen LogP) is 5.25. The quantitative estimate of drug-likeness (QED) is 0.486. The molecule has 0 aromatic heterocycles. The lowest BCUT2D eigenvalue weighted by Crippen LogP contribution is -2.34. The maximum absolute atomic E-state index is 13.4. The van der Waals surface area contributed by atoms with Gasteiger partial charge in [0.1, 0.15) is 11.4 Å². The van der Waals surface area contributed by atoms with Crippen LogP contribution in [0.3, 0.4) is 0 Å². The molecule has 5 heteroatoms. The van der Waals surface area contributed by atoms with Crippen LogP contribution >= 0.6 is 0 Å². The summed E-state index contributed by atoms with van der Waals surface area (Å²) in [5.74, 6) is 0.609. The number of carbonyl (C=O) groups is 2. The van der Waals surface area contributed by atoms with Crippen LogP contribution in [0, 0.1) is 0 Å². The Kier molecular flexibility index (Phi) is 6.59. The van der Waals surface area contributed by atoms with Gasteiger partial charge >= 0.3 is 0 Å². The van der Waals surface area contributed by atoms with Crippen LogP contribution in [-0.2, 0) is 16.0 Å². The standard InChI is InChI=1S/C28H28N2O3/c1-19(2)21-11-13-23(14-12-21)29-26-25(22-7-5-4-6-8-22)27(31)30(28(26)32)18-17-20-9-15-24(33-3)16-10-20/h4-16,19,29H,17-18H2,1-3H3. The smallest absolute Gasteiger partial charge is 0.278 e. The van der Waals surface area contributed by atoms with Crippen molar-refractivity contribution < 1.29 is 14.3 Å². The number of methoxy groups -OCH3 is 1. The lowest BCUT2D eigenvalue weighted by molar-refractivity contribution is -0.136. The van der Waals surface area contributed by atoms with Crippen LogP contribution < -0.4 is 10.1 Å². The summed E-state index contributed by atoms with van der Waals surface area (Å²) < 4.78 is 5.20. The Morgan fingerprint density at radius 2 is 1.52 bits per heavy atom. The Balaban J connectivity index is 1.60. The molecule has 0 saturated heterocycles. The van der Waals surface area contributed by atoms with E-state index in [2.05, 4.69) is 19.2 Å². The fourth-order valence-corrected chi connectivity index (χ4v) is 3.90. The number of amides is 2. The zero-order valence-corrected chi connectivity index (χ0v) is 19.2. The minimum atomic E-state index is -0.305. The predicted molar refractivity (Wildman–Crippen MR) is 131 cm³/mol. The molecule has 0 fully saturated rings. The molecule has 1 aliphatic heterocycles. The molecule has 4 rings (SSSR count). The summed E-state index contributed by atoms with van der Waals surface area (Å²) in [4.78, 5) is 28.1. The molecule has 3 aromatic rings. The topological polar surface area (TPSA) is 58.6 Å². The number of carbonyl (C=O) groups excluding carboxylic acids is 2. The average Bonchev–Trinajstić information content (AvgIpc) is 3.07. The van der Waals surface area contributed by atoms with Gasteiger partial charge in [0.25, 0.3) is 11.8 Å². The summed E-state index contributed by atoms with van der Waals surface area (Å²) in [5.41, 5.74) is 4.47. The van der Waals surface area contributed by atoms with E-state index in [9.17, 15) is 9.59 Å². The van der Waals surface area contributed by atoms with Crippen molar-refractivity contribution in [3.63, 3.8) is 0 Å². The lowest BCUT2D eigenvalue weighted by Gasteiger charge is -2.15. The van der Waals surface area contributed by atoms with Crippen molar-refractivity contribution in [2.45, 2.75) is 26.2 Å². The van der Waals surface area contributed by atoms with Gasteiger partial charge in [0.2, 0.25) is 0 Å². The van der Waals surface area contributed by atoms with E-state index >= 15 is 0 Å². The maximum atomic E-state index is 13.4. The molecule has 1 heterocycles. The van der Waals surface area contributed by atoms with E-state index in [-0.39, 0.29) is 11.8 Å². The molecule has 1 aliphatic rings. The number of rotatable bonds is 8. The van der Waals surface area contributed by atoms with Crippen LogP contribution in [-0.4, -0.2) is 30.4 Å². The van der Waals surface area contributed by atoms with Gasteiger partial charge < -0.3 is 10.1 Å². The third kappa shape index (κ3) is 4.82. The Morgan fingerprint density at radius 3 is 2.12 bits per heavy atom. The summed E-state index contributed by atoms with van der Waals surface area (Å²) in [6.07, 6.45) is 0.569. The SMILES string of the molecule is COc1ccc(CCN2C(=O)C(Nc3ccc(C(C)C)cc3)=C(c3ccccc3)C2=O)cc1. The fraction of sp³-hybridized carbons (Fsp3) is 0.214. The molecule has 0 spiro atoms. The van der Waals surface area contributed by atoms with Gasteiger partial charge in [-0.3, -0.25) is 14.5 Å². The summed E-state index contributed by atoms with van der Waals surface area (Å²) in [5, 5.41) is 3.23.